The minimum atomic E-state index is -0.265. The highest BCUT2D eigenvalue weighted by atomic mass is 35.5. The molecule has 2 aromatic rings. The van der Waals surface area contributed by atoms with Crippen molar-refractivity contribution in [2.24, 2.45) is 0 Å². The van der Waals surface area contributed by atoms with E-state index in [4.69, 9.17) is 11.6 Å². The molecule has 1 aromatic carbocycles. The summed E-state index contributed by atoms with van der Waals surface area (Å²) in [5, 5.41) is 5.66. The SMILES string of the molecule is CCN(CC(=O)Nc1nc(C)cs1)C(=O)c1ccc(Cl)cc1. The van der Waals surface area contributed by atoms with Crippen molar-refractivity contribution in [2.75, 3.05) is 18.4 Å². The van der Waals surface area contributed by atoms with Gasteiger partial charge in [-0.25, -0.2) is 4.98 Å². The summed E-state index contributed by atoms with van der Waals surface area (Å²) in [4.78, 5) is 30.0. The first-order chi connectivity index (χ1) is 10.5. The Balaban J connectivity index is 2.00. The second-order valence-electron chi connectivity index (χ2n) is 4.67. The molecule has 116 valence electrons. The molecule has 0 aliphatic carbocycles. The fourth-order valence-electron chi connectivity index (χ4n) is 1.85. The standard InChI is InChI=1S/C15H16ClN3O2S/c1-3-19(14(21)11-4-6-12(16)7-5-11)8-13(20)18-15-17-10(2)9-22-15/h4-7,9H,3,8H2,1-2H3,(H,17,18,20). The predicted octanol–water partition coefficient (Wildman–Crippen LogP) is 3.21. The molecule has 7 heteroatoms. The van der Waals surface area contributed by atoms with E-state index in [1.807, 2.05) is 19.2 Å². The normalized spacial score (nSPS) is 10.3. The molecule has 0 radical (unpaired) electrons. The van der Waals surface area contributed by atoms with E-state index in [-0.39, 0.29) is 18.4 Å². The van der Waals surface area contributed by atoms with Gasteiger partial charge in [-0.1, -0.05) is 11.6 Å². The predicted molar refractivity (Wildman–Crippen MR) is 88.5 cm³/mol. The molecular weight excluding hydrogens is 322 g/mol. The van der Waals surface area contributed by atoms with Gasteiger partial charge in [0.1, 0.15) is 6.54 Å². The zero-order valence-electron chi connectivity index (χ0n) is 12.3. The van der Waals surface area contributed by atoms with Crippen LogP contribution in [0.3, 0.4) is 0 Å². The van der Waals surface area contributed by atoms with Gasteiger partial charge >= 0.3 is 0 Å². The maximum absolute atomic E-state index is 12.4. The Hall–Kier alpha value is -1.92. The lowest BCUT2D eigenvalue weighted by molar-refractivity contribution is -0.116. The molecule has 2 rings (SSSR count). The third-order valence-electron chi connectivity index (χ3n) is 2.96. The fraction of sp³-hybridized carbons (Fsp3) is 0.267. The average Bonchev–Trinajstić information content (AvgIpc) is 2.90. The van der Waals surface area contributed by atoms with E-state index >= 15 is 0 Å². The first-order valence-corrected chi connectivity index (χ1v) is 8.02. The van der Waals surface area contributed by atoms with E-state index in [1.54, 1.807) is 24.3 Å². The van der Waals surface area contributed by atoms with Crippen LogP contribution in [-0.2, 0) is 4.79 Å². The van der Waals surface area contributed by atoms with Gasteiger partial charge < -0.3 is 10.2 Å². The molecule has 0 spiro atoms. The number of aryl methyl sites for hydroxylation is 1. The summed E-state index contributed by atoms with van der Waals surface area (Å²) >= 11 is 7.17. The highest BCUT2D eigenvalue weighted by Crippen LogP contribution is 2.15. The molecule has 0 aliphatic heterocycles. The fourth-order valence-corrected chi connectivity index (χ4v) is 2.68. The van der Waals surface area contributed by atoms with Crippen LogP contribution >= 0.6 is 22.9 Å². The largest absolute Gasteiger partial charge is 0.330 e. The Morgan fingerprint density at radius 2 is 2.00 bits per heavy atom. The lowest BCUT2D eigenvalue weighted by atomic mass is 10.2. The minimum absolute atomic E-state index is 0.0173. The molecule has 0 bridgehead atoms. The summed E-state index contributed by atoms with van der Waals surface area (Å²) < 4.78 is 0. The van der Waals surface area contributed by atoms with Crippen molar-refractivity contribution >= 4 is 39.9 Å². The first-order valence-electron chi connectivity index (χ1n) is 6.76. The molecule has 1 N–H and O–H groups in total. The van der Waals surface area contributed by atoms with Crippen LogP contribution in [-0.4, -0.2) is 34.8 Å². The molecular formula is C15H16ClN3O2S. The molecule has 1 heterocycles. The maximum Gasteiger partial charge on any atom is 0.254 e. The molecule has 0 aliphatic rings. The summed E-state index contributed by atoms with van der Waals surface area (Å²) in [5.74, 6) is -0.469. The van der Waals surface area contributed by atoms with Crippen molar-refractivity contribution in [1.29, 1.82) is 0 Å². The van der Waals surface area contributed by atoms with Crippen molar-refractivity contribution in [3.05, 3.63) is 45.9 Å². The van der Waals surface area contributed by atoms with Gasteiger partial charge in [-0.15, -0.1) is 11.3 Å². The molecule has 1 aromatic heterocycles. The van der Waals surface area contributed by atoms with Crippen LogP contribution in [0.1, 0.15) is 23.0 Å². The highest BCUT2D eigenvalue weighted by molar-refractivity contribution is 7.13. The molecule has 0 atom stereocenters. The maximum atomic E-state index is 12.4. The number of anilines is 1. The molecule has 0 saturated carbocycles. The third kappa shape index (κ3) is 4.29. The molecule has 22 heavy (non-hydrogen) atoms. The van der Waals surface area contributed by atoms with Gasteiger partial charge in [0.25, 0.3) is 5.91 Å². The number of thiazole rings is 1. The van der Waals surface area contributed by atoms with E-state index < -0.39 is 0 Å². The second kappa shape index (κ2) is 7.38. The van der Waals surface area contributed by atoms with E-state index in [0.29, 0.717) is 22.3 Å². The Bertz CT molecular complexity index is 670. The van der Waals surface area contributed by atoms with Gasteiger partial charge in [-0.3, -0.25) is 9.59 Å². The molecule has 0 fully saturated rings. The van der Waals surface area contributed by atoms with Crippen LogP contribution in [0.5, 0.6) is 0 Å². The Kier molecular flexibility index (Phi) is 5.51. The number of amides is 2. The van der Waals surface area contributed by atoms with E-state index in [1.165, 1.54) is 16.2 Å². The van der Waals surface area contributed by atoms with Gasteiger partial charge in [-0.05, 0) is 38.1 Å². The number of benzene rings is 1. The smallest absolute Gasteiger partial charge is 0.254 e. The van der Waals surface area contributed by atoms with Crippen molar-refractivity contribution in [1.82, 2.24) is 9.88 Å². The Labute approximate surface area is 137 Å². The van der Waals surface area contributed by atoms with E-state index in [0.717, 1.165) is 5.69 Å². The van der Waals surface area contributed by atoms with Crippen LogP contribution < -0.4 is 5.32 Å². The van der Waals surface area contributed by atoms with Gasteiger partial charge in [0.05, 0.1) is 5.69 Å². The Morgan fingerprint density at radius 3 is 2.55 bits per heavy atom. The number of aromatic nitrogens is 1. The Morgan fingerprint density at radius 1 is 1.32 bits per heavy atom. The summed E-state index contributed by atoms with van der Waals surface area (Å²) in [6, 6.07) is 6.60. The van der Waals surface area contributed by atoms with Gasteiger partial charge in [-0.2, -0.15) is 0 Å². The van der Waals surface area contributed by atoms with Crippen LogP contribution in [0.15, 0.2) is 29.6 Å². The van der Waals surface area contributed by atoms with Crippen LogP contribution in [0, 0.1) is 6.92 Å². The molecule has 0 unspecified atom stereocenters. The zero-order valence-corrected chi connectivity index (χ0v) is 13.9. The number of carbonyl (C=O) groups excluding carboxylic acids is 2. The molecule has 0 saturated heterocycles. The zero-order chi connectivity index (χ0) is 16.1. The second-order valence-corrected chi connectivity index (χ2v) is 5.96. The quantitative estimate of drug-likeness (QED) is 0.911. The average molecular weight is 338 g/mol. The highest BCUT2D eigenvalue weighted by Gasteiger charge is 2.17. The van der Waals surface area contributed by atoms with Crippen molar-refractivity contribution in [3.8, 4) is 0 Å². The van der Waals surface area contributed by atoms with Gasteiger partial charge in [0.2, 0.25) is 5.91 Å². The van der Waals surface area contributed by atoms with Crippen molar-refractivity contribution in [2.45, 2.75) is 13.8 Å². The summed E-state index contributed by atoms with van der Waals surface area (Å²) in [5.41, 5.74) is 1.36. The summed E-state index contributed by atoms with van der Waals surface area (Å²) in [6.45, 7) is 4.10. The van der Waals surface area contributed by atoms with Crippen LogP contribution in [0.25, 0.3) is 0 Å². The van der Waals surface area contributed by atoms with E-state index in [2.05, 4.69) is 10.3 Å². The summed E-state index contributed by atoms with van der Waals surface area (Å²) in [6.07, 6.45) is 0. The van der Waals surface area contributed by atoms with Crippen molar-refractivity contribution < 1.29 is 9.59 Å². The number of nitrogens with zero attached hydrogens (tertiary/aromatic N) is 2. The number of rotatable bonds is 5. The number of nitrogens with one attached hydrogen (secondary N) is 1. The van der Waals surface area contributed by atoms with E-state index in [9.17, 15) is 9.59 Å². The number of halogens is 1. The first kappa shape index (κ1) is 16.5. The topological polar surface area (TPSA) is 62.3 Å². The van der Waals surface area contributed by atoms with Crippen LogP contribution in [0.4, 0.5) is 5.13 Å². The van der Waals surface area contributed by atoms with Crippen molar-refractivity contribution in [3.63, 3.8) is 0 Å². The van der Waals surface area contributed by atoms with Gasteiger partial charge in [0, 0.05) is 22.5 Å². The minimum Gasteiger partial charge on any atom is -0.330 e. The lowest BCUT2D eigenvalue weighted by Crippen LogP contribution is -2.37. The third-order valence-corrected chi connectivity index (χ3v) is 4.09. The number of hydrogen-bond acceptors (Lipinski definition) is 4. The number of hydrogen-bond donors (Lipinski definition) is 1. The van der Waals surface area contributed by atoms with Crippen LogP contribution in [0.2, 0.25) is 5.02 Å². The molecule has 5 nitrogen and oxygen atoms in total. The number of likely N-dealkylation sites (N-methyl/N-ethyl adjacent to an activating group) is 1. The number of carbonyl (C=O) groups is 2. The summed E-state index contributed by atoms with van der Waals surface area (Å²) in [7, 11) is 0. The van der Waals surface area contributed by atoms with Gasteiger partial charge in [0.15, 0.2) is 5.13 Å². The monoisotopic (exact) mass is 337 g/mol. The molecule has 2 amide bonds. The lowest BCUT2D eigenvalue weighted by Gasteiger charge is -2.20.